The molecule has 92 valence electrons. The second-order valence-corrected chi connectivity index (χ2v) is 3.38. The van der Waals surface area contributed by atoms with E-state index in [1.54, 1.807) is 26.0 Å². The molecule has 0 bridgehead atoms. The Labute approximate surface area is 99.9 Å². The van der Waals surface area contributed by atoms with E-state index in [0.29, 0.717) is 12.4 Å². The molecule has 0 fully saturated rings. The van der Waals surface area contributed by atoms with Gasteiger partial charge in [0.15, 0.2) is 0 Å². The summed E-state index contributed by atoms with van der Waals surface area (Å²) in [5.41, 5.74) is 0.717. The summed E-state index contributed by atoms with van der Waals surface area (Å²) >= 11 is 0. The predicted octanol–water partition coefficient (Wildman–Crippen LogP) is 2.63. The number of benzene rings is 1. The summed E-state index contributed by atoms with van der Waals surface area (Å²) in [5, 5.41) is 0. The quantitative estimate of drug-likeness (QED) is 0.584. The van der Waals surface area contributed by atoms with E-state index < -0.39 is 5.97 Å². The lowest BCUT2D eigenvalue weighted by molar-refractivity contribution is -0.137. The number of halogens is 1. The smallest absolute Gasteiger partial charge is 0.330 e. The molecule has 1 aromatic rings. The molecule has 0 N–H and O–H groups in total. The Morgan fingerprint density at radius 1 is 1.47 bits per heavy atom. The zero-order chi connectivity index (χ0) is 12.7. The number of carbonyl (C=O) groups excluding carboxylic acids is 1. The molecule has 0 heterocycles. The summed E-state index contributed by atoms with van der Waals surface area (Å²) in [6, 6.07) is 4.28. The average Bonchev–Trinajstić information content (AvgIpc) is 2.27. The molecule has 3 nitrogen and oxygen atoms in total. The highest BCUT2D eigenvalue weighted by Crippen LogP contribution is 2.18. The van der Waals surface area contributed by atoms with Crippen LogP contribution in [-0.4, -0.2) is 19.2 Å². The van der Waals surface area contributed by atoms with E-state index in [9.17, 15) is 9.18 Å². The first-order valence-electron chi connectivity index (χ1n) is 5.35. The average molecular weight is 238 g/mol. The Morgan fingerprint density at radius 3 is 2.88 bits per heavy atom. The summed E-state index contributed by atoms with van der Waals surface area (Å²) < 4.78 is 22.9. The Bertz CT molecular complexity index is 413. The lowest BCUT2D eigenvalue weighted by atomic mass is 10.2. The highest BCUT2D eigenvalue weighted by Gasteiger charge is 2.00. The molecule has 4 heteroatoms. The van der Waals surface area contributed by atoms with Crippen LogP contribution in [0.1, 0.15) is 12.5 Å². The summed E-state index contributed by atoms with van der Waals surface area (Å²) in [5.74, 6) is -0.0937. The Hall–Kier alpha value is -1.84. The largest absolute Gasteiger partial charge is 0.489 e. The van der Waals surface area contributed by atoms with Gasteiger partial charge in [-0.2, -0.15) is 0 Å². The maximum absolute atomic E-state index is 12.8. The molecule has 1 aromatic carbocycles. The van der Waals surface area contributed by atoms with E-state index in [0.717, 1.165) is 5.56 Å². The van der Waals surface area contributed by atoms with Crippen molar-refractivity contribution >= 4 is 5.97 Å². The van der Waals surface area contributed by atoms with Gasteiger partial charge in [-0.05, 0) is 43.7 Å². The number of esters is 1. The number of hydrogen-bond acceptors (Lipinski definition) is 3. The van der Waals surface area contributed by atoms with E-state index in [1.165, 1.54) is 18.2 Å². The van der Waals surface area contributed by atoms with Gasteiger partial charge >= 0.3 is 5.97 Å². The third kappa shape index (κ3) is 4.68. The molecule has 0 radical (unpaired) electrons. The number of rotatable bonds is 5. The maximum Gasteiger partial charge on any atom is 0.330 e. The molecule has 0 spiro atoms. The van der Waals surface area contributed by atoms with Crippen molar-refractivity contribution in [3.8, 4) is 5.75 Å². The first-order chi connectivity index (χ1) is 8.13. The SMILES string of the molecule is CCOC(=O)/C=C/COc1ccc(F)cc1C. The lowest BCUT2D eigenvalue weighted by Crippen LogP contribution is -2.01. The van der Waals surface area contributed by atoms with Crippen molar-refractivity contribution < 1.29 is 18.7 Å². The van der Waals surface area contributed by atoms with E-state index in [4.69, 9.17) is 9.47 Å². The lowest BCUT2D eigenvalue weighted by Gasteiger charge is -2.06. The standard InChI is InChI=1S/C13H15FO3/c1-3-16-13(15)5-4-8-17-12-7-6-11(14)9-10(12)2/h4-7,9H,3,8H2,1-2H3/b5-4+. The fourth-order valence-electron chi connectivity index (χ4n) is 1.25. The van der Waals surface area contributed by atoms with Gasteiger partial charge in [0.05, 0.1) is 6.61 Å². The van der Waals surface area contributed by atoms with Gasteiger partial charge in [0.25, 0.3) is 0 Å². The van der Waals surface area contributed by atoms with Gasteiger partial charge in [-0.15, -0.1) is 0 Å². The first-order valence-corrected chi connectivity index (χ1v) is 5.35. The van der Waals surface area contributed by atoms with E-state index in [-0.39, 0.29) is 12.4 Å². The highest BCUT2D eigenvalue weighted by molar-refractivity contribution is 5.81. The number of hydrogen-bond donors (Lipinski definition) is 0. The van der Waals surface area contributed by atoms with Crippen molar-refractivity contribution in [1.82, 2.24) is 0 Å². The zero-order valence-electron chi connectivity index (χ0n) is 9.90. The second kappa shape index (κ2) is 6.68. The Kier molecular flexibility index (Phi) is 5.20. The van der Waals surface area contributed by atoms with Gasteiger partial charge in [0.2, 0.25) is 0 Å². The number of ether oxygens (including phenoxy) is 2. The van der Waals surface area contributed by atoms with Crippen molar-refractivity contribution in [2.45, 2.75) is 13.8 Å². The van der Waals surface area contributed by atoms with Crippen LogP contribution in [0, 0.1) is 12.7 Å². The molecule has 0 aliphatic rings. The van der Waals surface area contributed by atoms with E-state index in [2.05, 4.69) is 0 Å². The van der Waals surface area contributed by atoms with E-state index in [1.807, 2.05) is 0 Å². The third-order valence-electron chi connectivity index (χ3n) is 2.01. The van der Waals surface area contributed by atoms with Gasteiger partial charge in [-0.1, -0.05) is 0 Å². The topological polar surface area (TPSA) is 35.5 Å². The molecule has 0 saturated heterocycles. The Morgan fingerprint density at radius 2 is 2.24 bits per heavy atom. The fourth-order valence-corrected chi connectivity index (χ4v) is 1.25. The third-order valence-corrected chi connectivity index (χ3v) is 2.01. The normalized spacial score (nSPS) is 10.5. The van der Waals surface area contributed by atoms with Crippen LogP contribution in [0.4, 0.5) is 4.39 Å². The van der Waals surface area contributed by atoms with E-state index >= 15 is 0 Å². The monoisotopic (exact) mass is 238 g/mol. The molecule has 1 rings (SSSR count). The molecule has 0 amide bonds. The molecule has 0 aliphatic carbocycles. The van der Waals surface area contributed by atoms with Crippen molar-refractivity contribution in [3.63, 3.8) is 0 Å². The Balaban J connectivity index is 2.43. The van der Waals surface area contributed by atoms with Crippen LogP contribution in [0.5, 0.6) is 5.75 Å². The minimum atomic E-state index is -0.396. The van der Waals surface area contributed by atoms with Crippen LogP contribution in [0.3, 0.4) is 0 Å². The predicted molar refractivity (Wildman–Crippen MR) is 62.4 cm³/mol. The molecular formula is C13H15FO3. The maximum atomic E-state index is 12.8. The molecule has 17 heavy (non-hydrogen) atoms. The van der Waals surface area contributed by atoms with Crippen molar-refractivity contribution in [2.75, 3.05) is 13.2 Å². The summed E-state index contributed by atoms with van der Waals surface area (Å²) in [4.78, 5) is 11.0. The van der Waals surface area contributed by atoms with Crippen molar-refractivity contribution in [2.24, 2.45) is 0 Å². The van der Waals surface area contributed by atoms with Crippen LogP contribution < -0.4 is 4.74 Å². The highest BCUT2D eigenvalue weighted by atomic mass is 19.1. The van der Waals surface area contributed by atoms with Crippen molar-refractivity contribution in [1.29, 1.82) is 0 Å². The molecule has 0 atom stereocenters. The molecule has 0 aliphatic heterocycles. The summed E-state index contributed by atoms with van der Waals surface area (Å²) in [6.07, 6.45) is 2.86. The minimum Gasteiger partial charge on any atom is -0.489 e. The van der Waals surface area contributed by atoms with Gasteiger partial charge < -0.3 is 9.47 Å². The number of aryl methyl sites for hydroxylation is 1. The minimum absolute atomic E-state index is 0.241. The molecule has 0 aromatic heterocycles. The van der Waals surface area contributed by atoms with Gasteiger partial charge in [-0.3, -0.25) is 0 Å². The van der Waals surface area contributed by atoms with Gasteiger partial charge in [-0.25, -0.2) is 9.18 Å². The summed E-state index contributed by atoms with van der Waals surface area (Å²) in [7, 11) is 0. The zero-order valence-corrected chi connectivity index (χ0v) is 9.90. The van der Waals surface area contributed by atoms with Crippen LogP contribution in [0.15, 0.2) is 30.4 Å². The number of carbonyl (C=O) groups is 1. The molecular weight excluding hydrogens is 223 g/mol. The second-order valence-electron chi connectivity index (χ2n) is 3.38. The van der Waals surface area contributed by atoms with Gasteiger partial charge in [0.1, 0.15) is 18.2 Å². The van der Waals surface area contributed by atoms with Crippen LogP contribution in [-0.2, 0) is 9.53 Å². The first kappa shape index (κ1) is 13.2. The van der Waals surface area contributed by atoms with Crippen LogP contribution in [0.25, 0.3) is 0 Å². The molecule has 0 saturated carbocycles. The molecule has 0 unspecified atom stereocenters. The van der Waals surface area contributed by atoms with Crippen LogP contribution in [0.2, 0.25) is 0 Å². The van der Waals surface area contributed by atoms with Gasteiger partial charge in [0, 0.05) is 6.08 Å². The fraction of sp³-hybridized carbons (Fsp3) is 0.308. The van der Waals surface area contributed by atoms with Crippen LogP contribution >= 0.6 is 0 Å². The van der Waals surface area contributed by atoms with Crippen molar-refractivity contribution in [3.05, 3.63) is 41.7 Å². The summed E-state index contributed by atoms with van der Waals surface area (Å²) in [6.45, 7) is 4.09.